The Morgan fingerprint density at radius 2 is 2.31 bits per heavy atom. The Labute approximate surface area is 83.6 Å². The second-order valence-electron chi connectivity index (χ2n) is 2.38. The van der Waals surface area contributed by atoms with Crippen molar-refractivity contribution in [3.8, 4) is 5.75 Å². The summed E-state index contributed by atoms with van der Waals surface area (Å²) in [5, 5.41) is 8.45. The lowest BCUT2D eigenvalue weighted by Crippen LogP contribution is -2.09. The zero-order valence-corrected chi connectivity index (χ0v) is 8.56. The van der Waals surface area contributed by atoms with Gasteiger partial charge >= 0.3 is 0 Å². The number of hydrogen-bond donors (Lipinski definition) is 2. The van der Waals surface area contributed by atoms with Crippen molar-refractivity contribution in [2.45, 2.75) is 6.54 Å². The predicted octanol–water partition coefficient (Wildman–Crippen LogP) is 2.08. The highest BCUT2D eigenvalue weighted by molar-refractivity contribution is 9.10. The van der Waals surface area contributed by atoms with E-state index in [-0.39, 0.29) is 12.3 Å². The molecule has 3 nitrogen and oxygen atoms in total. The van der Waals surface area contributed by atoms with Crippen molar-refractivity contribution in [3.05, 3.63) is 28.0 Å². The quantitative estimate of drug-likeness (QED) is 0.807. The summed E-state index contributed by atoms with van der Waals surface area (Å²) in [7, 11) is 1.39. The minimum absolute atomic E-state index is 0.0314. The lowest BCUT2D eigenvalue weighted by atomic mass is 10.2. The van der Waals surface area contributed by atoms with Crippen LogP contribution in [0.4, 0.5) is 4.39 Å². The first-order valence-corrected chi connectivity index (χ1v) is 4.37. The first kappa shape index (κ1) is 10.4. The molecule has 0 fully saturated rings. The summed E-state index contributed by atoms with van der Waals surface area (Å²) in [6, 6.07) is 3.18. The van der Waals surface area contributed by atoms with Crippen LogP contribution in [0.2, 0.25) is 0 Å². The molecule has 0 aliphatic rings. The van der Waals surface area contributed by atoms with Crippen molar-refractivity contribution >= 4 is 15.9 Å². The van der Waals surface area contributed by atoms with Crippen LogP contribution < -0.4 is 10.2 Å². The minimum Gasteiger partial charge on any atom is -0.494 e. The number of hydrogen-bond acceptors (Lipinski definition) is 3. The van der Waals surface area contributed by atoms with Gasteiger partial charge in [0, 0.05) is 16.6 Å². The average Bonchev–Trinajstić information content (AvgIpc) is 2.12. The van der Waals surface area contributed by atoms with Crippen molar-refractivity contribution in [2.24, 2.45) is 0 Å². The van der Waals surface area contributed by atoms with E-state index in [1.807, 2.05) is 5.48 Å². The normalized spacial score (nSPS) is 10.2. The van der Waals surface area contributed by atoms with Gasteiger partial charge in [-0.25, -0.2) is 9.87 Å². The zero-order valence-electron chi connectivity index (χ0n) is 6.97. The van der Waals surface area contributed by atoms with E-state index in [4.69, 9.17) is 9.94 Å². The molecule has 0 aliphatic carbocycles. The summed E-state index contributed by atoms with van der Waals surface area (Å²) in [6.07, 6.45) is 0. The summed E-state index contributed by atoms with van der Waals surface area (Å²) in [5.74, 6) is -0.313. The van der Waals surface area contributed by atoms with Gasteiger partial charge in [0.15, 0.2) is 11.6 Å². The number of hydroxylamine groups is 1. The standard InChI is InChI=1S/C8H9BrFNO2/c1-13-7-3-2-6(9)5(4-11-12)8(7)10/h2-3,11-12H,4H2,1H3. The largest absolute Gasteiger partial charge is 0.494 e. The third-order valence-electron chi connectivity index (χ3n) is 1.63. The maximum Gasteiger partial charge on any atom is 0.170 e. The van der Waals surface area contributed by atoms with E-state index in [2.05, 4.69) is 15.9 Å². The van der Waals surface area contributed by atoms with Crippen molar-refractivity contribution in [1.82, 2.24) is 5.48 Å². The van der Waals surface area contributed by atoms with Crippen LogP contribution in [0.3, 0.4) is 0 Å². The van der Waals surface area contributed by atoms with Crippen LogP contribution in [0.15, 0.2) is 16.6 Å². The molecular weight excluding hydrogens is 241 g/mol. The van der Waals surface area contributed by atoms with Crippen molar-refractivity contribution in [1.29, 1.82) is 0 Å². The Bertz CT molecular complexity index is 306. The van der Waals surface area contributed by atoms with Gasteiger partial charge in [-0.1, -0.05) is 15.9 Å². The van der Waals surface area contributed by atoms with Crippen molar-refractivity contribution < 1.29 is 14.3 Å². The number of halogens is 2. The first-order valence-electron chi connectivity index (χ1n) is 3.58. The summed E-state index contributed by atoms with van der Waals surface area (Å²) in [4.78, 5) is 0. The molecule has 0 radical (unpaired) electrons. The predicted molar refractivity (Wildman–Crippen MR) is 49.3 cm³/mol. The highest BCUT2D eigenvalue weighted by atomic mass is 79.9. The first-order chi connectivity index (χ1) is 6.20. The summed E-state index contributed by atoms with van der Waals surface area (Å²) < 4.78 is 18.8. The molecule has 1 aromatic rings. The lowest BCUT2D eigenvalue weighted by molar-refractivity contribution is 0.159. The molecule has 0 bridgehead atoms. The van der Waals surface area contributed by atoms with E-state index in [1.54, 1.807) is 6.07 Å². The molecule has 72 valence electrons. The number of methoxy groups -OCH3 is 1. The van der Waals surface area contributed by atoms with Crippen LogP contribution in [0, 0.1) is 5.82 Å². The molecule has 0 aromatic heterocycles. The number of benzene rings is 1. The fraction of sp³-hybridized carbons (Fsp3) is 0.250. The molecule has 1 rings (SSSR count). The lowest BCUT2D eigenvalue weighted by Gasteiger charge is -2.08. The number of ether oxygens (including phenoxy) is 1. The van der Waals surface area contributed by atoms with Crippen molar-refractivity contribution in [2.75, 3.05) is 7.11 Å². The molecule has 0 saturated heterocycles. The van der Waals surface area contributed by atoms with Gasteiger partial charge < -0.3 is 9.94 Å². The summed E-state index contributed by atoms with van der Waals surface area (Å²) >= 11 is 3.16. The van der Waals surface area contributed by atoms with Gasteiger partial charge in [0.1, 0.15) is 0 Å². The third-order valence-corrected chi connectivity index (χ3v) is 2.37. The third kappa shape index (κ3) is 2.18. The average molecular weight is 250 g/mol. The molecule has 5 heteroatoms. The van der Waals surface area contributed by atoms with Gasteiger partial charge in [0.05, 0.1) is 7.11 Å². The van der Waals surface area contributed by atoms with Gasteiger partial charge in [0.25, 0.3) is 0 Å². The molecule has 0 unspecified atom stereocenters. The van der Waals surface area contributed by atoms with E-state index in [0.29, 0.717) is 10.0 Å². The van der Waals surface area contributed by atoms with E-state index < -0.39 is 5.82 Å². The second kappa shape index (κ2) is 4.55. The van der Waals surface area contributed by atoms with Gasteiger partial charge in [-0.2, -0.15) is 0 Å². The number of nitrogens with one attached hydrogen (secondary N) is 1. The van der Waals surface area contributed by atoms with Crippen LogP contribution in [-0.4, -0.2) is 12.3 Å². The Morgan fingerprint density at radius 3 is 2.85 bits per heavy atom. The molecular formula is C8H9BrFNO2. The Hall–Kier alpha value is -0.650. The highest BCUT2D eigenvalue weighted by Gasteiger charge is 2.11. The molecule has 0 aliphatic heterocycles. The monoisotopic (exact) mass is 249 g/mol. The minimum atomic E-state index is -0.474. The zero-order chi connectivity index (χ0) is 9.84. The van der Waals surface area contributed by atoms with Crippen LogP contribution in [0.5, 0.6) is 5.75 Å². The van der Waals surface area contributed by atoms with E-state index in [1.165, 1.54) is 13.2 Å². The molecule has 0 atom stereocenters. The molecule has 0 heterocycles. The van der Waals surface area contributed by atoms with E-state index in [0.717, 1.165) is 0 Å². The van der Waals surface area contributed by atoms with Gasteiger partial charge in [0.2, 0.25) is 0 Å². The molecule has 0 spiro atoms. The molecule has 13 heavy (non-hydrogen) atoms. The molecule has 0 amide bonds. The van der Waals surface area contributed by atoms with Crippen molar-refractivity contribution in [3.63, 3.8) is 0 Å². The Balaban J connectivity index is 3.13. The van der Waals surface area contributed by atoms with Crippen LogP contribution in [0.25, 0.3) is 0 Å². The van der Waals surface area contributed by atoms with Gasteiger partial charge in [-0.3, -0.25) is 0 Å². The maximum atomic E-state index is 13.4. The van der Waals surface area contributed by atoms with Crippen LogP contribution in [-0.2, 0) is 6.54 Å². The Kier molecular flexibility index (Phi) is 3.65. The topological polar surface area (TPSA) is 41.5 Å². The summed E-state index contributed by atoms with van der Waals surface area (Å²) in [6.45, 7) is 0.0314. The van der Waals surface area contributed by atoms with Crippen LogP contribution >= 0.6 is 15.9 Å². The fourth-order valence-electron chi connectivity index (χ4n) is 0.975. The SMILES string of the molecule is COc1ccc(Br)c(CNO)c1F. The molecule has 2 N–H and O–H groups in total. The smallest absolute Gasteiger partial charge is 0.170 e. The second-order valence-corrected chi connectivity index (χ2v) is 3.23. The Morgan fingerprint density at radius 1 is 1.62 bits per heavy atom. The van der Waals surface area contributed by atoms with Crippen LogP contribution in [0.1, 0.15) is 5.56 Å². The summed E-state index contributed by atoms with van der Waals surface area (Å²) in [5.41, 5.74) is 2.23. The highest BCUT2D eigenvalue weighted by Crippen LogP contribution is 2.27. The van der Waals surface area contributed by atoms with E-state index >= 15 is 0 Å². The number of rotatable bonds is 3. The molecule has 1 aromatic carbocycles. The van der Waals surface area contributed by atoms with E-state index in [9.17, 15) is 4.39 Å². The fourth-order valence-corrected chi connectivity index (χ4v) is 1.42. The van der Waals surface area contributed by atoms with Gasteiger partial charge in [-0.15, -0.1) is 0 Å². The maximum absolute atomic E-state index is 13.4. The molecule has 0 saturated carbocycles. The van der Waals surface area contributed by atoms with Gasteiger partial charge in [-0.05, 0) is 12.1 Å².